The normalized spacial score (nSPS) is 14.8. The van der Waals surface area contributed by atoms with E-state index in [9.17, 15) is 27.6 Å². The maximum Gasteiger partial charge on any atom is 0.416 e. The number of ether oxygens (including phenoxy) is 1. The van der Waals surface area contributed by atoms with E-state index in [2.05, 4.69) is 0 Å². The van der Waals surface area contributed by atoms with Gasteiger partial charge in [0.2, 0.25) is 5.43 Å². The molecule has 8 heteroatoms. The summed E-state index contributed by atoms with van der Waals surface area (Å²) in [7, 11) is 0. The van der Waals surface area contributed by atoms with Crippen LogP contribution in [0.5, 0.6) is 0 Å². The standard InChI is InChI=1S/C23H16F3NO4/c1-2-31-22(30)18-12-27-11-14(10-13-6-8-15(9-7-13)23(24,25)26)20(28)16-4-3-5-17(19(16)27)21(18)29/h3-10,12H,2,11H2,1H3/b14-10+. The van der Waals surface area contributed by atoms with Crippen LogP contribution in [0.25, 0.3) is 17.0 Å². The maximum absolute atomic E-state index is 13.0. The van der Waals surface area contributed by atoms with Crippen LogP contribution < -0.4 is 5.43 Å². The summed E-state index contributed by atoms with van der Waals surface area (Å²) in [5.74, 6) is -1.08. The minimum Gasteiger partial charge on any atom is -0.462 e. The number of aromatic nitrogens is 1. The summed E-state index contributed by atoms with van der Waals surface area (Å²) in [6, 6.07) is 9.14. The summed E-state index contributed by atoms with van der Waals surface area (Å²) in [5, 5.41) is 0.227. The number of esters is 1. The molecule has 1 aliphatic rings. The Hall–Kier alpha value is -3.68. The summed E-state index contributed by atoms with van der Waals surface area (Å²) in [6.07, 6.45) is -1.58. The lowest BCUT2D eigenvalue weighted by atomic mass is 9.94. The highest BCUT2D eigenvalue weighted by molar-refractivity contribution is 6.19. The number of rotatable bonds is 3. The number of Topliss-reactive ketones (excluding diaryl/α,β-unsaturated/α-hetero) is 1. The Kier molecular flexibility index (Phi) is 5.00. The highest BCUT2D eigenvalue weighted by Crippen LogP contribution is 2.31. The molecule has 4 rings (SSSR count). The van der Waals surface area contributed by atoms with Gasteiger partial charge in [0, 0.05) is 22.7 Å². The van der Waals surface area contributed by atoms with E-state index in [0.29, 0.717) is 16.7 Å². The number of ketones is 1. The average molecular weight is 427 g/mol. The molecule has 0 unspecified atom stereocenters. The third-order valence-corrected chi connectivity index (χ3v) is 5.05. The van der Waals surface area contributed by atoms with Gasteiger partial charge in [-0.05, 0) is 42.8 Å². The van der Waals surface area contributed by atoms with Gasteiger partial charge in [0.05, 0.1) is 24.2 Å². The van der Waals surface area contributed by atoms with Crippen LogP contribution in [0.15, 0.2) is 59.0 Å². The molecule has 1 aromatic heterocycles. The fourth-order valence-corrected chi connectivity index (χ4v) is 3.63. The lowest BCUT2D eigenvalue weighted by molar-refractivity contribution is -0.137. The number of carbonyl (C=O) groups excluding carboxylic acids is 2. The molecule has 0 N–H and O–H groups in total. The first-order chi connectivity index (χ1) is 14.7. The number of nitrogens with zero attached hydrogens (tertiary/aromatic N) is 1. The summed E-state index contributed by atoms with van der Waals surface area (Å²) in [5.41, 5.74) is 0.00167. The molecule has 0 saturated carbocycles. The Morgan fingerprint density at radius 2 is 1.84 bits per heavy atom. The molecule has 2 aromatic carbocycles. The molecule has 0 spiro atoms. The first-order valence-electron chi connectivity index (χ1n) is 9.46. The van der Waals surface area contributed by atoms with E-state index < -0.39 is 23.1 Å². The van der Waals surface area contributed by atoms with Crippen molar-refractivity contribution in [2.75, 3.05) is 6.61 Å². The molecule has 0 aliphatic carbocycles. The van der Waals surface area contributed by atoms with E-state index >= 15 is 0 Å². The summed E-state index contributed by atoms with van der Waals surface area (Å²) in [4.78, 5) is 38.0. The van der Waals surface area contributed by atoms with Crippen molar-refractivity contribution in [1.82, 2.24) is 4.57 Å². The lowest BCUT2D eigenvalue weighted by Gasteiger charge is -2.22. The van der Waals surface area contributed by atoms with Crippen LogP contribution in [-0.2, 0) is 17.5 Å². The van der Waals surface area contributed by atoms with Crippen molar-refractivity contribution >= 4 is 28.7 Å². The van der Waals surface area contributed by atoms with Crippen LogP contribution in [0, 0.1) is 0 Å². The highest BCUT2D eigenvalue weighted by atomic mass is 19.4. The number of halogens is 3. The van der Waals surface area contributed by atoms with Crippen LogP contribution in [0.4, 0.5) is 13.2 Å². The first kappa shape index (κ1) is 20.6. The quantitative estimate of drug-likeness (QED) is 0.457. The first-order valence-corrected chi connectivity index (χ1v) is 9.46. The van der Waals surface area contributed by atoms with Gasteiger partial charge in [-0.25, -0.2) is 4.79 Å². The zero-order valence-electron chi connectivity index (χ0n) is 16.3. The molecule has 31 heavy (non-hydrogen) atoms. The smallest absolute Gasteiger partial charge is 0.416 e. The topological polar surface area (TPSA) is 65.4 Å². The number of hydrogen-bond acceptors (Lipinski definition) is 4. The second-order valence-corrected chi connectivity index (χ2v) is 7.04. The molecule has 158 valence electrons. The van der Waals surface area contributed by atoms with E-state index in [-0.39, 0.29) is 35.4 Å². The predicted octanol–water partition coefficient (Wildman–Crippen LogP) is 4.48. The molecule has 0 bridgehead atoms. The van der Waals surface area contributed by atoms with Crippen molar-refractivity contribution < 1.29 is 27.5 Å². The van der Waals surface area contributed by atoms with Crippen molar-refractivity contribution in [2.24, 2.45) is 0 Å². The van der Waals surface area contributed by atoms with Gasteiger partial charge >= 0.3 is 12.1 Å². The van der Waals surface area contributed by atoms with E-state index in [4.69, 9.17) is 4.74 Å². The zero-order valence-corrected chi connectivity index (χ0v) is 16.3. The van der Waals surface area contributed by atoms with Gasteiger partial charge in [0.1, 0.15) is 5.56 Å². The number of allylic oxidation sites excluding steroid dienone is 1. The van der Waals surface area contributed by atoms with Gasteiger partial charge in [-0.1, -0.05) is 18.2 Å². The van der Waals surface area contributed by atoms with Crippen LogP contribution in [-0.4, -0.2) is 22.9 Å². The number of para-hydroxylation sites is 1. The van der Waals surface area contributed by atoms with E-state index in [1.807, 2.05) is 0 Å². The molecule has 0 saturated heterocycles. The fourth-order valence-electron chi connectivity index (χ4n) is 3.63. The van der Waals surface area contributed by atoms with Crippen molar-refractivity contribution in [3.8, 4) is 0 Å². The molecular formula is C23H16F3NO4. The monoisotopic (exact) mass is 427 g/mol. The Bertz CT molecular complexity index is 1300. The lowest BCUT2D eigenvalue weighted by Crippen LogP contribution is -2.26. The fraction of sp³-hybridized carbons (Fsp3) is 0.174. The Morgan fingerprint density at radius 3 is 2.48 bits per heavy atom. The second-order valence-electron chi connectivity index (χ2n) is 7.04. The number of pyridine rings is 1. The van der Waals surface area contributed by atoms with Gasteiger partial charge < -0.3 is 9.30 Å². The highest BCUT2D eigenvalue weighted by Gasteiger charge is 2.30. The Labute approximate surface area is 174 Å². The van der Waals surface area contributed by atoms with Gasteiger partial charge in [-0.3, -0.25) is 9.59 Å². The third kappa shape index (κ3) is 3.65. The molecule has 0 atom stereocenters. The van der Waals surface area contributed by atoms with Crippen LogP contribution in [0.3, 0.4) is 0 Å². The van der Waals surface area contributed by atoms with Gasteiger partial charge in [0.15, 0.2) is 5.78 Å². The molecule has 0 radical (unpaired) electrons. The second kappa shape index (κ2) is 7.54. The Balaban J connectivity index is 1.82. The number of alkyl halides is 3. The molecule has 1 aliphatic heterocycles. The molecule has 5 nitrogen and oxygen atoms in total. The predicted molar refractivity (Wildman–Crippen MR) is 108 cm³/mol. The van der Waals surface area contributed by atoms with E-state index in [1.54, 1.807) is 23.6 Å². The third-order valence-electron chi connectivity index (χ3n) is 5.05. The largest absolute Gasteiger partial charge is 0.462 e. The van der Waals surface area contributed by atoms with Crippen LogP contribution >= 0.6 is 0 Å². The number of benzene rings is 2. The summed E-state index contributed by atoms with van der Waals surface area (Å²) >= 11 is 0. The van der Waals surface area contributed by atoms with E-state index in [1.165, 1.54) is 30.5 Å². The number of carbonyl (C=O) groups is 2. The van der Waals surface area contributed by atoms with Crippen molar-refractivity contribution in [3.05, 3.63) is 86.7 Å². The molecular weight excluding hydrogens is 411 g/mol. The van der Waals surface area contributed by atoms with Crippen molar-refractivity contribution in [2.45, 2.75) is 19.6 Å². The average Bonchev–Trinajstić information content (AvgIpc) is 2.73. The van der Waals surface area contributed by atoms with Crippen LogP contribution in [0.1, 0.15) is 38.8 Å². The molecule has 0 fully saturated rings. The molecule has 3 aromatic rings. The molecule has 2 heterocycles. The zero-order chi connectivity index (χ0) is 22.3. The minimum absolute atomic E-state index is 0.0556. The summed E-state index contributed by atoms with van der Waals surface area (Å²) in [6.45, 7) is 1.79. The van der Waals surface area contributed by atoms with Crippen molar-refractivity contribution in [1.29, 1.82) is 0 Å². The minimum atomic E-state index is -4.45. The summed E-state index contributed by atoms with van der Waals surface area (Å²) < 4.78 is 44.9. The van der Waals surface area contributed by atoms with Crippen LogP contribution in [0.2, 0.25) is 0 Å². The Morgan fingerprint density at radius 1 is 1.13 bits per heavy atom. The molecule has 0 amide bonds. The van der Waals surface area contributed by atoms with Gasteiger partial charge in [-0.2, -0.15) is 13.2 Å². The van der Waals surface area contributed by atoms with Gasteiger partial charge in [0.25, 0.3) is 0 Å². The number of hydrogen-bond donors (Lipinski definition) is 0. The maximum atomic E-state index is 13.0. The SMILES string of the molecule is CCOC(=O)c1cn2c3c(cccc3c1=O)C(=O)/C(=C/c1ccc(C(F)(F)F)cc1)C2. The van der Waals surface area contributed by atoms with Gasteiger partial charge in [-0.15, -0.1) is 0 Å². The van der Waals surface area contributed by atoms with Crippen molar-refractivity contribution in [3.63, 3.8) is 0 Å². The van der Waals surface area contributed by atoms with E-state index in [0.717, 1.165) is 12.1 Å².